The van der Waals surface area contributed by atoms with E-state index in [2.05, 4.69) is 42.7 Å². The smallest absolute Gasteiger partial charge is 0.194 e. The highest BCUT2D eigenvalue weighted by atomic mass is 19.2. The molecule has 37 heavy (non-hydrogen) atoms. The van der Waals surface area contributed by atoms with Gasteiger partial charge in [-0.15, -0.1) is 0 Å². The second-order valence-electron chi connectivity index (χ2n) is 8.98. The number of aryl methyl sites for hydroxylation is 1. The van der Waals surface area contributed by atoms with Gasteiger partial charge in [-0.05, 0) is 66.3 Å². The monoisotopic (exact) mass is 498 g/mol. The number of halogens is 4. The van der Waals surface area contributed by atoms with Gasteiger partial charge in [-0.1, -0.05) is 80.6 Å². The van der Waals surface area contributed by atoms with Crippen LogP contribution in [0.3, 0.4) is 0 Å². The highest BCUT2D eigenvalue weighted by molar-refractivity contribution is 5.86. The van der Waals surface area contributed by atoms with E-state index in [0.717, 1.165) is 29.7 Å². The number of fused-ring (bicyclic) bond motifs is 1. The fourth-order valence-electron chi connectivity index (χ4n) is 4.07. The summed E-state index contributed by atoms with van der Waals surface area (Å²) in [4.78, 5) is 0. The molecule has 0 aliphatic carbocycles. The molecular formula is C33H26F4. The third-order valence-electron chi connectivity index (χ3n) is 6.15. The molecule has 186 valence electrons. The van der Waals surface area contributed by atoms with Crippen molar-refractivity contribution < 1.29 is 17.6 Å². The van der Waals surface area contributed by atoms with Crippen LogP contribution in [0.2, 0.25) is 0 Å². The zero-order valence-corrected chi connectivity index (χ0v) is 20.6. The van der Waals surface area contributed by atoms with Crippen LogP contribution in [0, 0.1) is 47.0 Å². The van der Waals surface area contributed by atoms with Crippen LogP contribution in [0.25, 0.3) is 10.8 Å². The van der Waals surface area contributed by atoms with E-state index in [4.69, 9.17) is 0 Å². The van der Waals surface area contributed by atoms with Crippen LogP contribution in [-0.4, -0.2) is 0 Å². The minimum Gasteiger partial charge on any atom is -0.205 e. The van der Waals surface area contributed by atoms with Crippen molar-refractivity contribution in [1.29, 1.82) is 0 Å². The molecule has 0 N–H and O–H groups in total. The molecule has 0 bridgehead atoms. The number of hydrogen-bond donors (Lipinski definition) is 0. The Morgan fingerprint density at radius 3 is 1.95 bits per heavy atom. The number of benzene rings is 4. The Labute approximate surface area is 215 Å². The predicted molar refractivity (Wildman–Crippen MR) is 141 cm³/mol. The minimum atomic E-state index is -1.56. The van der Waals surface area contributed by atoms with Gasteiger partial charge in [0.15, 0.2) is 17.5 Å². The summed E-state index contributed by atoms with van der Waals surface area (Å²) in [6.45, 7) is 2.22. The molecule has 4 aromatic rings. The quantitative estimate of drug-likeness (QED) is 0.108. The standard InChI is InChI=1S/C33H26F4/c1-2-3-4-5-6-7-23-8-10-24(11-9-23)12-13-25-15-19-29-28(20-25)18-17-27(32(29)36)16-14-26-21-30(34)33(37)31(35)22-26/h8-11,15,17-22H,2-7H2,1H3. The summed E-state index contributed by atoms with van der Waals surface area (Å²) in [5, 5.41) is 1.02. The van der Waals surface area contributed by atoms with Crippen molar-refractivity contribution in [3.8, 4) is 23.7 Å². The zero-order valence-electron chi connectivity index (χ0n) is 20.6. The molecule has 0 unspecified atom stereocenters. The minimum absolute atomic E-state index is 0.0712. The maximum Gasteiger partial charge on any atom is 0.194 e. The van der Waals surface area contributed by atoms with Crippen LogP contribution in [0.5, 0.6) is 0 Å². The van der Waals surface area contributed by atoms with Gasteiger partial charge in [-0.2, -0.15) is 0 Å². The Bertz CT molecular complexity index is 1500. The second kappa shape index (κ2) is 12.3. The summed E-state index contributed by atoms with van der Waals surface area (Å²) in [5.41, 5.74) is 2.98. The molecule has 0 atom stereocenters. The van der Waals surface area contributed by atoms with Crippen molar-refractivity contribution in [2.75, 3.05) is 0 Å². The molecule has 0 nitrogen and oxygen atoms in total. The Morgan fingerprint density at radius 1 is 0.568 bits per heavy atom. The van der Waals surface area contributed by atoms with Crippen LogP contribution in [0.15, 0.2) is 66.7 Å². The van der Waals surface area contributed by atoms with Gasteiger partial charge < -0.3 is 0 Å². The second-order valence-corrected chi connectivity index (χ2v) is 8.98. The predicted octanol–water partition coefficient (Wildman–Crippen LogP) is 8.71. The Balaban J connectivity index is 1.47. The molecule has 4 rings (SSSR count). The lowest BCUT2D eigenvalue weighted by atomic mass is 10.0. The first-order valence-corrected chi connectivity index (χ1v) is 12.4. The van der Waals surface area contributed by atoms with E-state index in [-0.39, 0.29) is 11.1 Å². The summed E-state index contributed by atoms with van der Waals surface area (Å²) in [6.07, 6.45) is 7.39. The largest absolute Gasteiger partial charge is 0.205 e. The lowest BCUT2D eigenvalue weighted by Crippen LogP contribution is -1.92. The van der Waals surface area contributed by atoms with Crippen LogP contribution in [0.1, 0.15) is 66.8 Å². The summed E-state index contributed by atoms with van der Waals surface area (Å²) in [6, 6.07) is 18.2. The first kappa shape index (κ1) is 26.1. The SMILES string of the molecule is CCCCCCCc1ccc(C#Cc2ccc3c(F)c(C#Cc4cc(F)c(F)c(F)c4)ccc3c2)cc1. The van der Waals surface area contributed by atoms with E-state index < -0.39 is 23.3 Å². The van der Waals surface area contributed by atoms with Crippen molar-refractivity contribution in [3.63, 3.8) is 0 Å². The molecule has 0 spiro atoms. The zero-order chi connectivity index (χ0) is 26.2. The van der Waals surface area contributed by atoms with Crippen molar-refractivity contribution >= 4 is 10.8 Å². The molecule has 0 saturated carbocycles. The average Bonchev–Trinajstić information content (AvgIpc) is 2.90. The maximum absolute atomic E-state index is 15.0. The molecule has 0 radical (unpaired) electrons. The average molecular weight is 499 g/mol. The van der Waals surface area contributed by atoms with Crippen LogP contribution in [-0.2, 0) is 6.42 Å². The van der Waals surface area contributed by atoms with Gasteiger partial charge in [-0.3, -0.25) is 0 Å². The molecule has 4 aromatic carbocycles. The molecule has 0 aromatic heterocycles. The maximum atomic E-state index is 15.0. The fraction of sp³-hybridized carbons (Fsp3) is 0.212. The van der Waals surface area contributed by atoms with E-state index in [1.807, 2.05) is 12.1 Å². The lowest BCUT2D eigenvalue weighted by Gasteiger charge is -2.03. The highest BCUT2D eigenvalue weighted by Crippen LogP contribution is 2.22. The van der Waals surface area contributed by atoms with Crippen LogP contribution in [0.4, 0.5) is 17.6 Å². The molecule has 4 heteroatoms. The van der Waals surface area contributed by atoms with Crippen LogP contribution >= 0.6 is 0 Å². The Hall–Kier alpha value is -4.02. The Morgan fingerprint density at radius 2 is 1.22 bits per heavy atom. The van der Waals surface area contributed by atoms with E-state index >= 15 is 4.39 Å². The summed E-state index contributed by atoms with van der Waals surface area (Å²) in [7, 11) is 0. The summed E-state index contributed by atoms with van der Waals surface area (Å²) < 4.78 is 54.9. The number of hydrogen-bond acceptors (Lipinski definition) is 0. The lowest BCUT2D eigenvalue weighted by molar-refractivity contribution is 0.446. The molecule has 0 heterocycles. The van der Waals surface area contributed by atoms with Gasteiger partial charge in [0.25, 0.3) is 0 Å². The fourth-order valence-corrected chi connectivity index (χ4v) is 4.07. The van der Waals surface area contributed by atoms with E-state index in [0.29, 0.717) is 10.8 Å². The van der Waals surface area contributed by atoms with Gasteiger partial charge in [0.1, 0.15) is 5.82 Å². The first-order valence-electron chi connectivity index (χ1n) is 12.4. The van der Waals surface area contributed by atoms with Gasteiger partial charge in [-0.25, -0.2) is 17.6 Å². The highest BCUT2D eigenvalue weighted by Gasteiger charge is 2.10. The molecule has 0 aliphatic rings. The molecule has 0 fully saturated rings. The van der Waals surface area contributed by atoms with Gasteiger partial charge >= 0.3 is 0 Å². The van der Waals surface area contributed by atoms with E-state index in [9.17, 15) is 13.2 Å². The van der Waals surface area contributed by atoms with Crippen molar-refractivity contribution in [2.45, 2.75) is 45.4 Å². The van der Waals surface area contributed by atoms with Crippen molar-refractivity contribution in [2.24, 2.45) is 0 Å². The van der Waals surface area contributed by atoms with Gasteiger partial charge in [0, 0.05) is 22.1 Å². The van der Waals surface area contributed by atoms with E-state index in [1.54, 1.807) is 24.3 Å². The number of rotatable bonds is 6. The van der Waals surface area contributed by atoms with Gasteiger partial charge in [0.05, 0.1) is 5.56 Å². The van der Waals surface area contributed by atoms with Gasteiger partial charge in [0.2, 0.25) is 0 Å². The van der Waals surface area contributed by atoms with Crippen molar-refractivity contribution in [3.05, 3.63) is 118 Å². The summed E-state index contributed by atoms with van der Waals surface area (Å²) in [5.74, 6) is 6.56. The third kappa shape index (κ3) is 6.81. The van der Waals surface area contributed by atoms with Crippen molar-refractivity contribution in [1.82, 2.24) is 0 Å². The summed E-state index contributed by atoms with van der Waals surface area (Å²) >= 11 is 0. The third-order valence-corrected chi connectivity index (χ3v) is 6.15. The topological polar surface area (TPSA) is 0 Å². The molecule has 0 saturated heterocycles. The van der Waals surface area contributed by atoms with Crippen LogP contribution < -0.4 is 0 Å². The molecule has 0 amide bonds. The first-order chi connectivity index (χ1) is 17.9. The van der Waals surface area contributed by atoms with E-state index in [1.165, 1.54) is 43.7 Å². The Kier molecular flexibility index (Phi) is 8.65. The molecule has 0 aliphatic heterocycles. The number of unbranched alkanes of at least 4 members (excludes halogenated alkanes) is 4. The molecular weight excluding hydrogens is 472 g/mol. The normalized spacial score (nSPS) is 10.5.